The number of hydrogen-bond acceptors (Lipinski definition) is 5. The van der Waals surface area contributed by atoms with E-state index in [1.165, 1.54) is 30.3 Å². The Labute approximate surface area is 159 Å². The lowest BCUT2D eigenvalue weighted by molar-refractivity contribution is 0.104. The third kappa shape index (κ3) is 5.42. The number of nitrogens with one attached hydrogen (secondary N) is 1. The molecule has 0 radical (unpaired) electrons. The average Bonchev–Trinajstić information content (AvgIpc) is 2.70. The van der Waals surface area contributed by atoms with Gasteiger partial charge < -0.3 is 9.47 Å². The maximum absolute atomic E-state index is 12.3. The molecule has 0 saturated carbocycles. The third-order valence-corrected chi connectivity index (χ3v) is 5.30. The van der Waals surface area contributed by atoms with Gasteiger partial charge in [0, 0.05) is 12.1 Å². The normalized spacial score (nSPS) is 11.5. The molecular formula is C20H23NO5S. The van der Waals surface area contributed by atoms with Crippen molar-refractivity contribution in [2.24, 2.45) is 0 Å². The molecule has 0 amide bonds. The molecule has 2 aromatic rings. The van der Waals surface area contributed by atoms with E-state index in [2.05, 4.69) is 4.72 Å². The Morgan fingerprint density at radius 1 is 1.04 bits per heavy atom. The molecular weight excluding hydrogens is 366 g/mol. The molecule has 0 aromatic heterocycles. The molecule has 0 aliphatic carbocycles. The van der Waals surface area contributed by atoms with Gasteiger partial charge in [-0.2, -0.15) is 0 Å². The van der Waals surface area contributed by atoms with Gasteiger partial charge in [0.05, 0.1) is 19.1 Å². The summed E-state index contributed by atoms with van der Waals surface area (Å²) in [5.41, 5.74) is 1.19. The van der Waals surface area contributed by atoms with E-state index in [-0.39, 0.29) is 10.7 Å². The summed E-state index contributed by atoms with van der Waals surface area (Å²) in [4.78, 5) is 12.5. The van der Waals surface area contributed by atoms with Gasteiger partial charge in [0.2, 0.25) is 10.0 Å². The molecule has 0 heterocycles. The lowest BCUT2D eigenvalue weighted by atomic mass is 10.1. The second-order valence-corrected chi connectivity index (χ2v) is 7.50. The maximum atomic E-state index is 12.3. The van der Waals surface area contributed by atoms with Crippen molar-refractivity contribution >= 4 is 21.9 Å². The van der Waals surface area contributed by atoms with Crippen LogP contribution < -0.4 is 14.2 Å². The van der Waals surface area contributed by atoms with E-state index >= 15 is 0 Å². The zero-order valence-electron chi connectivity index (χ0n) is 15.6. The Kier molecular flexibility index (Phi) is 7.15. The number of carbonyl (C=O) groups is 1. The summed E-state index contributed by atoms with van der Waals surface area (Å²) in [6, 6.07) is 11.2. The van der Waals surface area contributed by atoms with Crippen LogP contribution in [0.1, 0.15) is 29.3 Å². The zero-order chi connectivity index (χ0) is 19.9. The SMILES string of the molecule is CCCNS(=O)(=O)c1ccc(C(=O)/C=C/c2ccc(OC)c(OC)c2)cc1. The lowest BCUT2D eigenvalue weighted by Gasteiger charge is -2.07. The zero-order valence-corrected chi connectivity index (χ0v) is 16.4. The first-order valence-electron chi connectivity index (χ1n) is 8.45. The van der Waals surface area contributed by atoms with Crippen molar-refractivity contribution in [3.8, 4) is 11.5 Å². The molecule has 6 nitrogen and oxygen atoms in total. The lowest BCUT2D eigenvalue weighted by Crippen LogP contribution is -2.24. The molecule has 0 bridgehead atoms. The molecule has 2 rings (SSSR count). The molecule has 144 valence electrons. The van der Waals surface area contributed by atoms with E-state index in [0.717, 1.165) is 5.56 Å². The van der Waals surface area contributed by atoms with Gasteiger partial charge in [0.15, 0.2) is 17.3 Å². The van der Waals surface area contributed by atoms with Gasteiger partial charge in [-0.25, -0.2) is 13.1 Å². The highest BCUT2D eigenvalue weighted by Crippen LogP contribution is 2.28. The minimum Gasteiger partial charge on any atom is -0.493 e. The molecule has 0 fully saturated rings. The first-order chi connectivity index (χ1) is 12.9. The van der Waals surface area contributed by atoms with Crippen LogP contribution in [0.3, 0.4) is 0 Å². The van der Waals surface area contributed by atoms with Crippen molar-refractivity contribution in [3.05, 3.63) is 59.7 Å². The van der Waals surface area contributed by atoms with Crippen molar-refractivity contribution in [2.75, 3.05) is 20.8 Å². The quantitative estimate of drug-likeness (QED) is 0.526. The molecule has 7 heteroatoms. The number of methoxy groups -OCH3 is 2. The fourth-order valence-corrected chi connectivity index (χ4v) is 3.48. The van der Waals surface area contributed by atoms with E-state index in [0.29, 0.717) is 30.0 Å². The van der Waals surface area contributed by atoms with Crippen LogP contribution in [-0.4, -0.2) is 35.0 Å². The van der Waals surface area contributed by atoms with Crippen molar-refractivity contribution in [1.29, 1.82) is 0 Å². The first-order valence-corrected chi connectivity index (χ1v) is 9.93. The number of rotatable bonds is 9. The summed E-state index contributed by atoms with van der Waals surface area (Å²) in [6.07, 6.45) is 3.80. The summed E-state index contributed by atoms with van der Waals surface area (Å²) in [7, 11) is -0.442. The minimum absolute atomic E-state index is 0.136. The maximum Gasteiger partial charge on any atom is 0.240 e. The topological polar surface area (TPSA) is 81.7 Å². The van der Waals surface area contributed by atoms with E-state index in [1.54, 1.807) is 38.5 Å². The Morgan fingerprint density at radius 2 is 1.70 bits per heavy atom. The second kappa shape index (κ2) is 9.34. The first kappa shape index (κ1) is 20.7. The number of sulfonamides is 1. The molecule has 0 aliphatic heterocycles. The standard InChI is InChI=1S/C20H23NO5S/c1-4-13-21-27(23,24)17-9-7-16(8-10-17)18(22)11-5-15-6-12-19(25-2)20(14-15)26-3/h5-12,14,21H,4,13H2,1-3H3/b11-5+. The molecule has 0 aliphatic rings. The van der Waals surface area contributed by atoms with E-state index in [4.69, 9.17) is 9.47 Å². The van der Waals surface area contributed by atoms with E-state index in [1.807, 2.05) is 6.92 Å². The van der Waals surface area contributed by atoms with Gasteiger partial charge >= 0.3 is 0 Å². The smallest absolute Gasteiger partial charge is 0.240 e. The van der Waals surface area contributed by atoms with Gasteiger partial charge in [-0.05, 0) is 54.5 Å². The molecule has 0 atom stereocenters. The number of hydrogen-bond donors (Lipinski definition) is 1. The van der Waals surface area contributed by atoms with Crippen molar-refractivity contribution < 1.29 is 22.7 Å². The van der Waals surface area contributed by atoms with Crippen LogP contribution in [0.25, 0.3) is 6.08 Å². The summed E-state index contributed by atoms with van der Waals surface area (Å²) < 4.78 is 37.0. The summed E-state index contributed by atoms with van der Waals surface area (Å²) >= 11 is 0. The van der Waals surface area contributed by atoms with Gasteiger partial charge in [-0.15, -0.1) is 0 Å². The van der Waals surface area contributed by atoms with Crippen LogP contribution in [0, 0.1) is 0 Å². The number of ketones is 1. The molecule has 0 spiro atoms. The molecule has 0 saturated heterocycles. The fourth-order valence-electron chi connectivity index (χ4n) is 2.34. The minimum atomic E-state index is -3.54. The van der Waals surface area contributed by atoms with Gasteiger partial charge in [0.1, 0.15) is 0 Å². The Balaban J connectivity index is 2.13. The van der Waals surface area contributed by atoms with Crippen molar-refractivity contribution in [1.82, 2.24) is 4.72 Å². The molecule has 1 N–H and O–H groups in total. The second-order valence-electron chi connectivity index (χ2n) is 5.73. The average molecular weight is 389 g/mol. The van der Waals surface area contributed by atoms with Crippen molar-refractivity contribution in [3.63, 3.8) is 0 Å². The number of benzene rings is 2. The van der Waals surface area contributed by atoms with Gasteiger partial charge in [-0.1, -0.05) is 19.1 Å². The molecule has 2 aromatic carbocycles. The Hall–Kier alpha value is -2.64. The van der Waals surface area contributed by atoms with Gasteiger partial charge in [0.25, 0.3) is 0 Å². The highest BCUT2D eigenvalue weighted by Gasteiger charge is 2.13. The summed E-state index contributed by atoms with van der Waals surface area (Å²) in [5.74, 6) is 0.950. The van der Waals surface area contributed by atoms with Crippen LogP contribution in [0.2, 0.25) is 0 Å². The predicted octanol–water partition coefficient (Wildman–Crippen LogP) is 3.29. The number of ether oxygens (including phenoxy) is 2. The predicted molar refractivity (Wildman–Crippen MR) is 105 cm³/mol. The van der Waals surface area contributed by atoms with Crippen LogP contribution in [0.15, 0.2) is 53.4 Å². The fraction of sp³-hybridized carbons (Fsp3) is 0.250. The van der Waals surface area contributed by atoms with Crippen LogP contribution in [0.4, 0.5) is 0 Å². The highest BCUT2D eigenvalue weighted by atomic mass is 32.2. The van der Waals surface area contributed by atoms with Gasteiger partial charge in [-0.3, -0.25) is 4.79 Å². The number of allylic oxidation sites excluding steroid dienone is 1. The highest BCUT2D eigenvalue weighted by molar-refractivity contribution is 7.89. The monoisotopic (exact) mass is 389 g/mol. The van der Waals surface area contributed by atoms with Crippen LogP contribution in [0.5, 0.6) is 11.5 Å². The third-order valence-electron chi connectivity index (χ3n) is 3.83. The van der Waals surface area contributed by atoms with E-state index in [9.17, 15) is 13.2 Å². The number of carbonyl (C=O) groups excluding carboxylic acids is 1. The Morgan fingerprint density at radius 3 is 2.30 bits per heavy atom. The molecule has 27 heavy (non-hydrogen) atoms. The molecule has 0 unspecified atom stereocenters. The van der Waals surface area contributed by atoms with E-state index < -0.39 is 10.0 Å². The van der Waals surface area contributed by atoms with Crippen molar-refractivity contribution in [2.45, 2.75) is 18.2 Å². The summed E-state index contributed by atoms with van der Waals surface area (Å²) in [5, 5.41) is 0. The largest absolute Gasteiger partial charge is 0.493 e. The summed E-state index contributed by atoms with van der Waals surface area (Å²) in [6.45, 7) is 2.26. The van der Waals surface area contributed by atoms with Crippen LogP contribution >= 0.6 is 0 Å². The Bertz CT molecular complexity index is 918. The van der Waals surface area contributed by atoms with Crippen LogP contribution in [-0.2, 0) is 10.0 Å².